The predicted octanol–water partition coefficient (Wildman–Crippen LogP) is 2.03. The quantitative estimate of drug-likeness (QED) is 0.792. The molecule has 0 spiro atoms. The van der Waals surface area contributed by atoms with Gasteiger partial charge in [0.2, 0.25) is 5.91 Å². The van der Waals surface area contributed by atoms with E-state index in [0.717, 1.165) is 11.3 Å². The van der Waals surface area contributed by atoms with Crippen molar-refractivity contribution >= 4 is 23.5 Å². The summed E-state index contributed by atoms with van der Waals surface area (Å²) in [7, 11) is 0. The molecule has 7 heteroatoms. The molecule has 1 heterocycles. The number of carbonyl (C=O) groups excluding carboxylic acids is 1. The van der Waals surface area contributed by atoms with Crippen LogP contribution in [-0.2, 0) is 20.7 Å². The number of rotatable bonds is 7. The molecular formula is C16H20ClNO5. The fourth-order valence-corrected chi connectivity index (χ4v) is 2.68. The van der Waals surface area contributed by atoms with Gasteiger partial charge in [0, 0.05) is 11.6 Å². The smallest absolute Gasteiger partial charge is 0.332 e. The minimum atomic E-state index is -1.03. The fraction of sp³-hybridized carbons (Fsp3) is 0.500. The molecular weight excluding hydrogens is 322 g/mol. The van der Waals surface area contributed by atoms with Gasteiger partial charge >= 0.3 is 5.97 Å². The van der Waals surface area contributed by atoms with E-state index in [1.165, 1.54) is 0 Å². The van der Waals surface area contributed by atoms with Gasteiger partial charge in [0.05, 0.1) is 6.61 Å². The second-order valence-corrected chi connectivity index (χ2v) is 5.69. The molecule has 1 aromatic carbocycles. The zero-order chi connectivity index (χ0) is 16.8. The first-order chi connectivity index (χ1) is 11.0. The van der Waals surface area contributed by atoms with Gasteiger partial charge in [0.1, 0.15) is 11.9 Å². The number of carbonyl (C=O) groups is 2. The minimum absolute atomic E-state index is 0.284. The first-order valence-electron chi connectivity index (χ1n) is 7.58. The SMILES string of the molecule is CCOc1ccc(Cl)cc1CCNC(=O)[C@@H]1CC[C@H](C(=O)O)O1. The number of aliphatic carboxylic acids is 1. The Morgan fingerprint density at radius 1 is 1.39 bits per heavy atom. The van der Waals surface area contributed by atoms with Gasteiger partial charge in [-0.3, -0.25) is 4.79 Å². The average Bonchev–Trinajstić information content (AvgIpc) is 3.00. The van der Waals surface area contributed by atoms with Crippen molar-refractivity contribution in [2.45, 2.75) is 38.4 Å². The molecule has 1 aliphatic heterocycles. The van der Waals surface area contributed by atoms with Crippen LogP contribution in [0, 0.1) is 0 Å². The lowest BCUT2D eigenvalue weighted by atomic mass is 10.1. The summed E-state index contributed by atoms with van der Waals surface area (Å²) in [6.07, 6.45) is -0.234. The molecule has 1 fully saturated rings. The van der Waals surface area contributed by atoms with Crippen molar-refractivity contribution < 1.29 is 24.2 Å². The Morgan fingerprint density at radius 2 is 2.13 bits per heavy atom. The topological polar surface area (TPSA) is 84.9 Å². The van der Waals surface area contributed by atoms with Crippen molar-refractivity contribution in [1.82, 2.24) is 5.32 Å². The molecule has 1 aromatic rings. The second-order valence-electron chi connectivity index (χ2n) is 5.26. The number of ether oxygens (including phenoxy) is 2. The molecule has 0 bridgehead atoms. The highest BCUT2D eigenvalue weighted by atomic mass is 35.5. The van der Waals surface area contributed by atoms with Crippen LogP contribution < -0.4 is 10.1 Å². The molecule has 2 atom stereocenters. The molecule has 1 saturated heterocycles. The Bertz CT molecular complexity index is 578. The molecule has 0 unspecified atom stereocenters. The Labute approximate surface area is 139 Å². The lowest BCUT2D eigenvalue weighted by Gasteiger charge is -2.13. The molecule has 2 rings (SSSR count). The highest BCUT2D eigenvalue weighted by Gasteiger charge is 2.34. The molecule has 1 amide bonds. The molecule has 0 radical (unpaired) electrons. The van der Waals surface area contributed by atoms with E-state index in [0.29, 0.717) is 37.4 Å². The summed E-state index contributed by atoms with van der Waals surface area (Å²) >= 11 is 5.99. The normalized spacial score (nSPS) is 20.3. The van der Waals surface area contributed by atoms with Crippen LogP contribution in [0.3, 0.4) is 0 Å². The number of carboxylic acid groups (broad SMARTS) is 1. The largest absolute Gasteiger partial charge is 0.494 e. The standard InChI is InChI=1S/C16H20ClNO5/c1-2-22-12-4-3-11(17)9-10(12)7-8-18-15(19)13-5-6-14(23-13)16(20)21/h3-4,9,13-14H,2,5-8H2,1H3,(H,18,19)(H,20,21)/t13-,14+/m0/s1. The summed E-state index contributed by atoms with van der Waals surface area (Å²) < 4.78 is 10.7. The summed E-state index contributed by atoms with van der Waals surface area (Å²) in [4.78, 5) is 22.8. The van der Waals surface area contributed by atoms with Crippen molar-refractivity contribution in [3.63, 3.8) is 0 Å². The van der Waals surface area contributed by atoms with E-state index in [4.69, 9.17) is 26.2 Å². The highest BCUT2D eigenvalue weighted by molar-refractivity contribution is 6.30. The summed E-state index contributed by atoms with van der Waals surface area (Å²) in [6.45, 7) is 2.85. The summed E-state index contributed by atoms with van der Waals surface area (Å²) in [6, 6.07) is 5.37. The molecule has 0 aromatic heterocycles. The lowest BCUT2D eigenvalue weighted by Crippen LogP contribution is -2.36. The average molecular weight is 342 g/mol. The second kappa shape index (κ2) is 8.17. The van der Waals surface area contributed by atoms with Gasteiger partial charge in [0.15, 0.2) is 6.10 Å². The van der Waals surface area contributed by atoms with E-state index in [9.17, 15) is 9.59 Å². The first kappa shape index (κ1) is 17.6. The highest BCUT2D eigenvalue weighted by Crippen LogP contribution is 2.23. The Kier molecular flexibility index (Phi) is 6.24. The number of hydrogen-bond donors (Lipinski definition) is 2. The predicted molar refractivity (Wildman–Crippen MR) is 84.9 cm³/mol. The third-order valence-electron chi connectivity index (χ3n) is 3.60. The van der Waals surface area contributed by atoms with Crippen molar-refractivity contribution in [1.29, 1.82) is 0 Å². The van der Waals surface area contributed by atoms with Gasteiger partial charge in [-0.1, -0.05) is 11.6 Å². The molecule has 23 heavy (non-hydrogen) atoms. The van der Waals surface area contributed by atoms with E-state index in [-0.39, 0.29) is 5.91 Å². The van der Waals surface area contributed by atoms with Crippen LogP contribution in [0.25, 0.3) is 0 Å². The zero-order valence-corrected chi connectivity index (χ0v) is 13.6. The number of hydrogen-bond acceptors (Lipinski definition) is 4. The van der Waals surface area contributed by atoms with E-state index in [1.54, 1.807) is 12.1 Å². The Balaban J connectivity index is 1.84. The van der Waals surface area contributed by atoms with E-state index < -0.39 is 18.2 Å². The summed E-state index contributed by atoms with van der Waals surface area (Å²) in [5.41, 5.74) is 0.912. The van der Waals surface area contributed by atoms with Gasteiger partial charge < -0.3 is 19.9 Å². The Morgan fingerprint density at radius 3 is 2.78 bits per heavy atom. The number of amides is 1. The lowest BCUT2D eigenvalue weighted by molar-refractivity contribution is -0.151. The van der Waals surface area contributed by atoms with E-state index in [1.807, 2.05) is 13.0 Å². The molecule has 2 N–H and O–H groups in total. The Hall–Kier alpha value is -1.79. The maximum atomic E-state index is 12.0. The van der Waals surface area contributed by atoms with Crippen molar-refractivity contribution in [3.8, 4) is 5.75 Å². The first-order valence-corrected chi connectivity index (χ1v) is 7.96. The monoisotopic (exact) mass is 341 g/mol. The summed E-state index contributed by atoms with van der Waals surface area (Å²) in [5.74, 6) is -0.566. The third kappa shape index (κ3) is 4.84. The number of carboxylic acids is 1. The summed E-state index contributed by atoms with van der Waals surface area (Å²) in [5, 5.41) is 12.2. The third-order valence-corrected chi connectivity index (χ3v) is 3.84. The zero-order valence-electron chi connectivity index (χ0n) is 12.9. The number of benzene rings is 1. The van der Waals surface area contributed by atoms with Gasteiger partial charge in [0.25, 0.3) is 0 Å². The van der Waals surface area contributed by atoms with Crippen molar-refractivity contribution in [2.75, 3.05) is 13.2 Å². The number of nitrogens with one attached hydrogen (secondary N) is 1. The molecule has 1 aliphatic rings. The van der Waals surface area contributed by atoms with Gasteiger partial charge in [-0.25, -0.2) is 4.79 Å². The van der Waals surface area contributed by atoms with E-state index >= 15 is 0 Å². The van der Waals surface area contributed by atoms with Crippen LogP contribution >= 0.6 is 11.6 Å². The van der Waals surface area contributed by atoms with Crippen LogP contribution in [0.15, 0.2) is 18.2 Å². The maximum absolute atomic E-state index is 12.0. The molecule has 0 saturated carbocycles. The van der Waals surface area contributed by atoms with Gasteiger partial charge in [-0.05, 0) is 49.9 Å². The fourth-order valence-electron chi connectivity index (χ4n) is 2.49. The van der Waals surface area contributed by atoms with Gasteiger partial charge in [-0.15, -0.1) is 0 Å². The molecule has 6 nitrogen and oxygen atoms in total. The van der Waals surface area contributed by atoms with Crippen molar-refractivity contribution in [3.05, 3.63) is 28.8 Å². The molecule has 126 valence electrons. The van der Waals surface area contributed by atoms with Crippen LogP contribution in [0.5, 0.6) is 5.75 Å². The van der Waals surface area contributed by atoms with Crippen LogP contribution in [0.2, 0.25) is 5.02 Å². The van der Waals surface area contributed by atoms with Crippen LogP contribution in [-0.4, -0.2) is 42.3 Å². The van der Waals surface area contributed by atoms with Crippen LogP contribution in [0.4, 0.5) is 0 Å². The number of halogens is 1. The molecule has 0 aliphatic carbocycles. The minimum Gasteiger partial charge on any atom is -0.494 e. The maximum Gasteiger partial charge on any atom is 0.332 e. The van der Waals surface area contributed by atoms with Crippen LogP contribution in [0.1, 0.15) is 25.3 Å². The van der Waals surface area contributed by atoms with Crippen molar-refractivity contribution in [2.24, 2.45) is 0 Å². The van der Waals surface area contributed by atoms with E-state index in [2.05, 4.69) is 5.32 Å². The van der Waals surface area contributed by atoms with Gasteiger partial charge in [-0.2, -0.15) is 0 Å².